The summed E-state index contributed by atoms with van der Waals surface area (Å²) in [5.74, 6) is 2.79. The Morgan fingerprint density at radius 3 is 2.46 bits per heavy atom. The molecule has 7 heteroatoms. The highest BCUT2D eigenvalue weighted by Gasteiger charge is 2.16. The van der Waals surface area contributed by atoms with Crippen molar-refractivity contribution in [2.45, 2.75) is 33.6 Å². The van der Waals surface area contributed by atoms with Crippen LogP contribution in [0.2, 0.25) is 0 Å². The van der Waals surface area contributed by atoms with E-state index in [0.29, 0.717) is 13.2 Å². The first-order valence-electron chi connectivity index (χ1n) is 8.58. The van der Waals surface area contributed by atoms with E-state index in [1.165, 1.54) is 5.56 Å². The number of hydrogen-bond donors (Lipinski definition) is 2. The molecule has 0 radical (unpaired) electrons. The molecule has 1 atom stereocenters. The summed E-state index contributed by atoms with van der Waals surface area (Å²) in [5.41, 5.74) is 3.33. The van der Waals surface area contributed by atoms with E-state index in [-0.39, 0.29) is 29.9 Å². The number of ether oxygens (including phenoxy) is 1. The van der Waals surface area contributed by atoms with Gasteiger partial charge >= 0.3 is 0 Å². The molecule has 0 bridgehead atoms. The zero-order valence-electron chi connectivity index (χ0n) is 16.1. The Morgan fingerprint density at radius 1 is 1.19 bits per heavy atom. The quantitative estimate of drug-likeness (QED) is 0.279. The van der Waals surface area contributed by atoms with Gasteiger partial charge in [-0.25, -0.2) is 0 Å². The third-order valence-corrected chi connectivity index (χ3v) is 4.06. The Morgan fingerprint density at radius 2 is 1.88 bits per heavy atom. The average molecular weight is 472 g/mol. The van der Waals surface area contributed by atoms with Gasteiger partial charge in [-0.05, 0) is 32.9 Å². The van der Waals surface area contributed by atoms with E-state index in [0.717, 1.165) is 35.3 Å². The molecule has 0 fully saturated rings. The molecule has 0 aliphatic heterocycles. The Bertz CT molecular complexity index is 679. The van der Waals surface area contributed by atoms with Crippen LogP contribution >= 0.6 is 24.0 Å². The molecular formula is C19H29IN4O2. The zero-order chi connectivity index (χ0) is 18.2. The van der Waals surface area contributed by atoms with Crippen LogP contribution in [0.5, 0.6) is 5.75 Å². The second-order valence-electron chi connectivity index (χ2n) is 6.18. The van der Waals surface area contributed by atoms with E-state index < -0.39 is 0 Å². The summed E-state index contributed by atoms with van der Waals surface area (Å²) in [6.45, 7) is 10.1. The normalized spacial score (nSPS) is 12.3. The summed E-state index contributed by atoms with van der Waals surface area (Å²) in [7, 11) is 1.76. The van der Waals surface area contributed by atoms with Crippen LogP contribution in [0.4, 0.5) is 0 Å². The largest absolute Gasteiger partial charge is 0.492 e. The average Bonchev–Trinajstić information content (AvgIpc) is 2.94. The fourth-order valence-corrected chi connectivity index (χ4v) is 2.74. The van der Waals surface area contributed by atoms with E-state index in [1.54, 1.807) is 7.05 Å². The zero-order valence-corrected chi connectivity index (χ0v) is 18.5. The number of aliphatic imine (C=N–C) groups is 1. The van der Waals surface area contributed by atoms with Gasteiger partial charge in [0.05, 0.1) is 12.2 Å². The first-order chi connectivity index (χ1) is 12.0. The van der Waals surface area contributed by atoms with Crippen LogP contribution in [0.1, 0.15) is 35.4 Å². The molecule has 144 valence electrons. The van der Waals surface area contributed by atoms with Gasteiger partial charge in [0.25, 0.3) is 0 Å². The highest BCUT2D eigenvalue weighted by molar-refractivity contribution is 14.0. The second-order valence-corrected chi connectivity index (χ2v) is 6.18. The van der Waals surface area contributed by atoms with Crippen molar-refractivity contribution in [1.29, 1.82) is 0 Å². The molecule has 0 aliphatic rings. The molecule has 1 heterocycles. The number of aryl methyl sites for hydroxylation is 3. The van der Waals surface area contributed by atoms with Crippen molar-refractivity contribution in [2.75, 3.05) is 26.7 Å². The van der Waals surface area contributed by atoms with E-state index in [1.807, 2.05) is 38.1 Å². The molecule has 0 aliphatic carbocycles. The fourth-order valence-electron chi connectivity index (χ4n) is 2.74. The molecule has 0 saturated carbocycles. The minimum Gasteiger partial charge on any atom is -0.492 e. The van der Waals surface area contributed by atoms with Gasteiger partial charge in [0.2, 0.25) is 0 Å². The van der Waals surface area contributed by atoms with Gasteiger partial charge in [0.1, 0.15) is 18.1 Å². The predicted octanol–water partition coefficient (Wildman–Crippen LogP) is 3.57. The van der Waals surface area contributed by atoms with Crippen molar-refractivity contribution in [3.63, 3.8) is 0 Å². The van der Waals surface area contributed by atoms with Crippen LogP contribution < -0.4 is 15.4 Å². The van der Waals surface area contributed by atoms with Crippen molar-refractivity contribution < 1.29 is 9.26 Å². The molecule has 1 unspecified atom stereocenters. The number of aromatic nitrogens is 1. The predicted molar refractivity (Wildman–Crippen MR) is 116 cm³/mol. The summed E-state index contributed by atoms with van der Waals surface area (Å²) < 4.78 is 10.9. The minimum absolute atomic E-state index is 0. The third-order valence-electron chi connectivity index (χ3n) is 4.06. The van der Waals surface area contributed by atoms with Crippen molar-refractivity contribution in [3.05, 3.63) is 46.8 Å². The summed E-state index contributed by atoms with van der Waals surface area (Å²) in [5, 5.41) is 10.6. The number of nitrogens with one attached hydrogen (secondary N) is 2. The monoisotopic (exact) mass is 472 g/mol. The lowest BCUT2D eigenvalue weighted by Crippen LogP contribution is -2.40. The lowest BCUT2D eigenvalue weighted by atomic mass is 10.00. The number of guanidine groups is 1. The van der Waals surface area contributed by atoms with E-state index in [4.69, 9.17) is 9.26 Å². The van der Waals surface area contributed by atoms with Crippen molar-refractivity contribution >= 4 is 29.9 Å². The summed E-state index contributed by atoms with van der Waals surface area (Å²) in [6, 6.07) is 8.04. The van der Waals surface area contributed by atoms with Crippen molar-refractivity contribution in [1.82, 2.24) is 15.8 Å². The number of nitrogens with zero attached hydrogens (tertiary/aromatic N) is 2. The topological polar surface area (TPSA) is 71.7 Å². The van der Waals surface area contributed by atoms with Crippen LogP contribution in [-0.4, -0.2) is 37.9 Å². The highest BCUT2D eigenvalue weighted by atomic mass is 127. The van der Waals surface area contributed by atoms with Crippen molar-refractivity contribution in [3.8, 4) is 5.75 Å². The van der Waals surface area contributed by atoms with Gasteiger partial charge in [-0.15, -0.1) is 24.0 Å². The first kappa shape index (κ1) is 22.3. The molecule has 6 nitrogen and oxygen atoms in total. The number of benzene rings is 1. The molecule has 26 heavy (non-hydrogen) atoms. The van der Waals surface area contributed by atoms with Gasteiger partial charge in [0.15, 0.2) is 5.96 Å². The minimum atomic E-state index is 0. The van der Waals surface area contributed by atoms with Gasteiger partial charge in [-0.3, -0.25) is 4.99 Å². The van der Waals surface area contributed by atoms with Gasteiger partial charge < -0.3 is 19.9 Å². The maximum Gasteiger partial charge on any atom is 0.191 e. The number of halogens is 1. The molecule has 0 spiro atoms. The molecule has 0 amide bonds. The lowest BCUT2D eigenvalue weighted by Gasteiger charge is -2.16. The molecule has 2 aromatic rings. The molecule has 2 rings (SSSR count). The molecule has 1 aromatic heterocycles. The third kappa shape index (κ3) is 6.51. The smallest absolute Gasteiger partial charge is 0.191 e. The van der Waals surface area contributed by atoms with E-state index in [9.17, 15) is 0 Å². The molecule has 0 saturated heterocycles. The standard InChI is InChI=1S/C19H28N4O2.HI/c1-13-6-8-17(9-7-13)24-11-10-21-19(20-5)22-12-14(2)18-15(3)23-25-16(18)4;/h6-9,14H,10-12H2,1-5H3,(H2,20,21,22);1H. The van der Waals surface area contributed by atoms with Crippen LogP contribution in [0, 0.1) is 20.8 Å². The van der Waals surface area contributed by atoms with Crippen LogP contribution in [0.15, 0.2) is 33.8 Å². The lowest BCUT2D eigenvalue weighted by molar-refractivity contribution is 0.322. The fraction of sp³-hybridized carbons (Fsp3) is 0.474. The SMILES string of the molecule is CN=C(NCCOc1ccc(C)cc1)NCC(C)c1c(C)noc1C.I. The second kappa shape index (κ2) is 11.1. The maximum atomic E-state index is 5.71. The summed E-state index contributed by atoms with van der Waals surface area (Å²) in [4.78, 5) is 4.24. The van der Waals surface area contributed by atoms with Crippen LogP contribution in [0.25, 0.3) is 0 Å². The summed E-state index contributed by atoms with van der Waals surface area (Å²) in [6.07, 6.45) is 0. The Labute approximate surface area is 172 Å². The number of rotatable bonds is 7. The number of hydrogen-bond acceptors (Lipinski definition) is 4. The van der Waals surface area contributed by atoms with Crippen LogP contribution in [0.3, 0.4) is 0 Å². The van der Waals surface area contributed by atoms with Crippen LogP contribution in [-0.2, 0) is 0 Å². The van der Waals surface area contributed by atoms with E-state index in [2.05, 4.69) is 34.6 Å². The van der Waals surface area contributed by atoms with Gasteiger partial charge in [-0.1, -0.05) is 29.8 Å². The van der Waals surface area contributed by atoms with Gasteiger partial charge in [0, 0.05) is 25.1 Å². The van der Waals surface area contributed by atoms with Gasteiger partial charge in [-0.2, -0.15) is 0 Å². The molecular weight excluding hydrogens is 443 g/mol. The van der Waals surface area contributed by atoms with E-state index >= 15 is 0 Å². The maximum absolute atomic E-state index is 5.71. The Balaban J connectivity index is 0.00000338. The Hall–Kier alpha value is -1.77. The Kier molecular flexibility index (Phi) is 9.47. The first-order valence-corrected chi connectivity index (χ1v) is 8.58. The van der Waals surface area contributed by atoms with Crippen molar-refractivity contribution in [2.24, 2.45) is 4.99 Å². The molecule has 2 N–H and O–H groups in total. The molecule has 1 aromatic carbocycles. The summed E-state index contributed by atoms with van der Waals surface area (Å²) >= 11 is 0. The highest BCUT2D eigenvalue weighted by Crippen LogP contribution is 2.22.